The summed E-state index contributed by atoms with van der Waals surface area (Å²) in [6, 6.07) is 24.1. The number of nitrogens with one attached hydrogen (secondary N) is 1. The van der Waals surface area contributed by atoms with Crippen LogP contribution in [0.25, 0.3) is 11.1 Å². The molecule has 0 radical (unpaired) electrons. The molecule has 5 rings (SSSR count). The van der Waals surface area contributed by atoms with Gasteiger partial charge in [0, 0.05) is 44.6 Å². The molecule has 2 aliphatic rings. The summed E-state index contributed by atoms with van der Waals surface area (Å²) in [6.45, 7) is 9.38. The zero-order valence-corrected chi connectivity index (χ0v) is 25.6. The van der Waals surface area contributed by atoms with Crippen LogP contribution in [0.1, 0.15) is 55.4 Å². The normalized spacial score (nSPS) is 23.1. The molecule has 1 amide bonds. The Balaban J connectivity index is 1.30. The molecule has 2 N–H and O–H groups in total. The molecule has 0 unspecified atom stereocenters. The van der Waals surface area contributed by atoms with Crippen LogP contribution in [0.4, 0.5) is 0 Å². The van der Waals surface area contributed by atoms with Crippen molar-refractivity contribution in [2.24, 2.45) is 5.92 Å². The third-order valence-corrected chi connectivity index (χ3v) is 8.29. The van der Waals surface area contributed by atoms with Gasteiger partial charge in [0.1, 0.15) is 0 Å². The van der Waals surface area contributed by atoms with Gasteiger partial charge in [-0.25, -0.2) is 0 Å². The number of morpholine rings is 1. The molecule has 2 saturated heterocycles. The molecule has 234 valence electrons. The van der Waals surface area contributed by atoms with Crippen molar-refractivity contribution in [2.45, 2.75) is 58.5 Å². The lowest BCUT2D eigenvalue weighted by Gasteiger charge is -2.43. The molecular weight excluding hydrogens is 560 g/mol. The largest absolute Gasteiger partial charge is 0.453 e. The van der Waals surface area contributed by atoms with Crippen LogP contribution in [-0.2, 0) is 41.7 Å². The number of rotatable bonds is 10. The fourth-order valence-corrected chi connectivity index (χ4v) is 5.70. The number of amides is 1. The van der Waals surface area contributed by atoms with Gasteiger partial charge in [-0.3, -0.25) is 14.5 Å². The van der Waals surface area contributed by atoms with Crippen LogP contribution in [0.5, 0.6) is 0 Å². The van der Waals surface area contributed by atoms with Gasteiger partial charge in [-0.05, 0) is 40.8 Å². The summed E-state index contributed by atoms with van der Waals surface area (Å²) in [6.07, 6.45) is -1.58. The molecule has 0 aromatic heterocycles. The minimum atomic E-state index is -0.844. The van der Waals surface area contributed by atoms with Gasteiger partial charge in [-0.15, -0.1) is 0 Å². The van der Waals surface area contributed by atoms with Crippen LogP contribution in [-0.4, -0.2) is 66.9 Å². The molecule has 2 aliphatic heterocycles. The number of hydrogen-bond acceptors (Lipinski definition) is 8. The Bertz CT molecular complexity index is 1390. The van der Waals surface area contributed by atoms with Gasteiger partial charge in [-0.1, -0.05) is 73.7 Å². The van der Waals surface area contributed by atoms with Crippen molar-refractivity contribution in [1.29, 1.82) is 0 Å². The topological polar surface area (TPSA) is 107 Å². The van der Waals surface area contributed by atoms with Crippen LogP contribution >= 0.6 is 0 Å². The van der Waals surface area contributed by atoms with E-state index in [9.17, 15) is 14.7 Å². The van der Waals surface area contributed by atoms with Gasteiger partial charge >= 0.3 is 5.97 Å². The Hall–Kier alpha value is -3.60. The number of carbonyl (C=O) groups excluding carboxylic acids is 2. The maximum Gasteiger partial charge on any atom is 0.303 e. The molecule has 5 atom stereocenters. The zero-order valence-electron chi connectivity index (χ0n) is 25.6. The summed E-state index contributed by atoms with van der Waals surface area (Å²) in [5.74, 6) is -0.712. The molecule has 0 saturated carbocycles. The van der Waals surface area contributed by atoms with Gasteiger partial charge in [0.15, 0.2) is 12.4 Å². The summed E-state index contributed by atoms with van der Waals surface area (Å²) < 4.78 is 23.8. The van der Waals surface area contributed by atoms with E-state index in [1.54, 1.807) is 6.92 Å². The number of ether oxygens (including phenoxy) is 4. The molecule has 9 heteroatoms. The first-order chi connectivity index (χ1) is 21.3. The van der Waals surface area contributed by atoms with Crippen molar-refractivity contribution in [2.75, 3.05) is 32.8 Å². The lowest BCUT2D eigenvalue weighted by molar-refractivity contribution is -0.277. The van der Waals surface area contributed by atoms with Crippen molar-refractivity contribution in [1.82, 2.24) is 10.2 Å². The third-order valence-electron chi connectivity index (χ3n) is 8.29. The first kappa shape index (κ1) is 31.8. The molecule has 0 aliphatic carbocycles. The Morgan fingerprint density at radius 3 is 2.34 bits per heavy atom. The Morgan fingerprint density at radius 2 is 1.66 bits per heavy atom. The Morgan fingerprint density at radius 1 is 0.955 bits per heavy atom. The highest BCUT2D eigenvalue weighted by molar-refractivity contribution is 5.82. The quantitative estimate of drug-likeness (QED) is 0.326. The number of benzene rings is 3. The lowest BCUT2D eigenvalue weighted by Crippen LogP contribution is -2.47. The average molecular weight is 603 g/mol. The second-order valence-electron chi connectivity index (χ2n) is 11.5. The third kappa shape index (κ3) is 8.11. The SMILES string of the molecule is CC(=O)O[C@@H](C)C(=O)NCc1cccc(-c2ccc([C@H]3O[C@@H](CN4CCOCC4)[C@@H](C)[C@@H](c4ccc(CO)cc4)O3)cc2)c1. The first-order valence-corrected chi connectivity index (χ1v) is 15.3. The molecule has 3 aromatic rings. The van der Waals surface area contributed by atoms with Crippen LogP contribution < -0.4 is 5.32 Å². The second-order valence-corrected chi connectivity index (χ2v) is 11.5. The molecule has 3 aromatic carbocycles. The summed E-state index contributed by atoms with van der Waals surface area (Å²) >= 11 is 0. The van der Waals surface area contributed by atoms with E-state index < -0.39 is 18.4 Å². The van der Waals surface area contributed by atoms with Gasteiger partial charge in [0.25, 0.3) is 5.91 Å². The van der Waals surface area contributed by atoms with E-state index >= 15 is 0 Å². The smallest absolute Gasteiger partial charge is 0.303 e. The Labute approximate surface area is 259 Å². The van der Waals surface area contributed by atoms with Crippen molar-refractivity contribution in [3.63, 3.8) is 0 Å². The van der Waals surface area contributed by atoms with Gasteiger partial charge in [0.05, 0.1) is 32.0 Å². The fraction of sp³-hybridized carbons (Fsp3) is 0.429. The van der Waals surface area contributed by atoms with Crippen molar-refractivity contribution < 1.29 is 33.6 Å². The lowest BCUT2D eigenvalue weighted by atomic mass is 9.90. The number of aliphatic hydroxyl groups is 1. The summed E-state index contributed by atoms with van der Waals surface area (Å²) in [5, 5.41) is 12.3. The van der Waals surface area contributed by atoms with E-state index in [-0.39, 0.29) is 30.6 Å². The van der Waals surface area contributed by atoms with Crippen molar-refractivity contribution in [3.8, 4) is 11.1 Å². The summed E-state index contributed by atoms with van der Waals surface area (Å²) in [4.78, 5) is 25.8. The highest BCUT2D eigenvalue weighted by atomic mass is 16.7. The Kier molecular flexibility index (Phi) is 10.8. The summed E-state index contributed by atoms with van der Waals surface area (Å²) in [5.41, 5.74) is 5.85. The maximum absolute atomic E-state index is 12.3. The van der Waals surface area contributed by atoms with Crippen LogP contribution in [0, 0.1) is 5.92 Å². The minimum Gasteiger partial charge on any atom is -0.453 e. The number of carbonyl (C=O) groups is 2. The highest BCUT2D eigenvalue weighted by Crippen LogP contribution is 2.42. The van der Waals surface area contributed by atoms with E-state index in [1.165, 1.54) is 6.92 Å². The van der Waals surface area contributed by atoms with E-state index in [1.807, 2.05) is 60.7 Å². The van der Waals surface area contributed by atoms with Crippen molar-refractivity contribution >= 4 is 11.9 Å². The number of hydrogen-bond donors (Lipinski definition) is 2. The average Bonchev–Trinajstić information content (AvgIpc) is 3.05. The van der Waals surface area contributed by atoms with Crippen LogP contribution in [0.15, 0.2) is 72.8 Å². The highest BCUT2D eigenvalue weighted by Gasteiger charge is 2.39. The fourth-order valence-electron chi connectivity index (χ4n) is 5.70. The molecular formula is C35H42N2O7. The van der Waals surface area contributed by atoms with Gasteiger partial charge < -0.3 is 29.4 Å². The molecule has 0 bridgehead atoms. The van der Waals surface area contributed by atoms with Crippen LogP contribution in [0.2, 0.25) is 0 Å². The molecule has 2 fully saturated rings. The van der Waals surface area contributed by atoms with Gasteiger partial charge in [0.2, 0.25) is 0 Å². The van der Waals surface area contributed by atoms with Crippen molar-refractivity contribution in [3.05, 3.63) is 95.1 Å². The van der Waals surface area contributed by atoms with Gasteiger partial charge in [-0.2, -0.15) is 0 Å². The summed E-state index contributed by atoms with van der Waals surface area (Å²) in [7, 11) is 0. The number of esters is 1. The monoisotopic (exact) mass is 602 g/mol. The zero-order chi connectivity index (χ0) is 31.1. The minimum absolute atomic E-state index is 0.00588. The number of aliphatic hydroxyl groups excluding tert-OH is 1. The van der Waals surface area contributed by atoms with E-state index in [2.05, 4.69) is 29.3 Å². The standard InChI is InChI=1S/C35H42N2O7/c1-23-32(21-37-15-17-41-18-16-37)43-35(44-33(23)29-9-7-26(22-38)8-10-29)30-13-11-28(12-14-30)31-6-4-5-27(19-31)20-36-34(40)24(2)42-25(3)39/h4-14,19,23-24,32-33,35,38H,15-18,20-22H2,1-3H3,(H,36,40)/t23-,24+,32+,33+,35+/m1/s1. The number of nitrogens with zero attached hydrogens (tertiary/aromatic N) is 1. The molecule has 0 spiro atoms. The molecule has 2 heterocycles. The van der Waals surface area contributed by atoms with E-state index in [4.69, 9.17) is 18.9 Å². The second kappa shape index (κ2) is 14.9. The van der Waals surface area contributed by atoms with E-state index in [0.29, 0.717) is 6.54 Å². The molecule has 44 heavy (non-hydrogen) atoms. The van der Waals surface area contributed by atoms with Crippen LogP contribution in [0.3, 0.4) is 0 Å². The predicted octanol–water partition coefficient (Wildman–Crippen LogP) is 4.54. The molecule has 9 nitrogen and oxygen atoms in total. The first-order valence-electron chi connectivity index (χ1n) is 15.3. The predicted molar refractivity (Wildman–Crippen MR) is 165 cm³/mol. The maximum atomic E-state index is 12.3. The van der Waals surface area contributed by atoms with E-state index in [0.717, 1.165) is 66.2 Å².